The molecule has 0 aliphatic heterocycles. The lowest BCUT2D eigenvalue weighted by molar-refractivity contribution is 0.475. The molecule has 15 heavy (non-hydrogen) atoms. The zero-order valence-corrected chi connectivity index (χ0v) is 8.46. The molecule has 1 aromatic carbocycles. The van der Waals surface area contributed by atoms with E-state index >= 15 is 0 Å². The smallest absolute Gasteiger partial charge is 0.132 e. The molecule has 0 unspecified atom stereocenters. The van der Waals surface area contributed by atoms with Crippen molar-refractivity contribution in [2.45, 2.75) is 0 Å². The second-order valence-electron chi connectivity index (χ2n) is 3.27. The van der Waals surface area contributed by atoms with Crippen LogP contribution in [0.4, 0.5) is 11.5 Å². The number of rotatable bonds is 2. The Morgan fingerprint density at radius 2 is 2.00 bits per heavy atom. The maximum absolute atomic E-state index is 9.36. The van der Waals surface area contributed by atoms with Crippen molar-refractivity contribution in [1.29, 1.82) is 0 Å². The highest BCUT2D eigenvalue weighted by Crippen LogP contribution is 2.24. The number of pyridine rings is 1. The molecule has 76 valence electrons. The van der Waals surface area contributed by atoms with Gasteiger partial charge in [0, 0.05) is 25.0 Å². The summed E-state index contributed by atoms with van der Waals surface area (Å²) in [5.74, 6) is 1.11. The second-order valence-corrected chi connectivity index (χ2v) is 3.27. The Balaban J connectivity index is 2.32. The van der Waals surface area contributed by atoms with Gasteiger partial charge in [0.25, 0.3) is 0 Å². The van der Waals surface area contributed by atoms with Crippen molar-refractivity contribution in [3.8, 4) is 5.75 Å². The molecule has 2 aromatic rings. The summed E-state index contributed by atoms with van der Waals surface area (Å²) in [7, 11) is 1.91. The van der Waals surface area contributed by atoms with Crippen molar-refractivity contribution in [2.24, 2.45) is 0 Å². The molecule has 0 bridgehead atoms. The number of benzene rings is 1. The molecule has 2 rings (SSSR count). The molecule has 0 radical (unpaired) electrons. The van der Waals surface area contributed by atoms with Crippen LogP contribution in [0.2, 0.25) is 0 Å². The molecule has 0 aliphatic carbocycles. The zero-order valence-electron chi connectivity index (χ0n) is 8.46. The molecule has 3 nitrogen and oxygen atoms in total. The number of aromatic hydroxyl groups is 1. The standard InChI is InChI=1S/C12H12N2O/c1-14(12-7-2-3-8-13-12)10-5-4-6-11(15)9-10/h2-9,15H,1H3. The number of anilines is 2. The fourth-order valence-electron chi connectivity index (χ4n) is 1.39. The van der Waals surface area contributed by atoms with Crippen LogP contribution in [-0.2, 0) is 0 Å². The largest absolute Gasteiger partial charge is 0.508 e. The van der Waals surface area contributed by atoms with Gasteiger partial charge in [-0.05, 0) is 24.3 Å². The monoisotopic (exact) mass is 200 g/mol. The molecule has 0 atom stereocenters. The quantitative estimate of drug-likeness (QED) is 0.809. The van der Waals surface area contributed by atoms with Gasteiger partial charge >= 0.3 is 0 Å². The van der Waals surface area contributed by atoms with Gasteiger partial charge in [0.05, 0.1) is 0 Å². The molecule has 0 saturated carbocycles. The van der Waals surface area contributed by atoms with Gasteiger partial charge in [-0.15, -0.1) is 0 Å². The normalized spacial score (nSPS) is 9.93. The average molecular weight is 200 g/mol. The van der Waals surface area contributed by atoms with Crippen LogP contribution in [0.3, 0.4) is 0 Å². The zero-order chi connectivity index (χ0) is 10.7. The van der Waals surface area contributed by atoms with Gasteiger partial charge in [-0.25, -0.2) is 4.98 Å². The van der Waals surface area contributed by atoms with E-state index in [4.69, 9.17) is 0 Å². The Bertz CT molecular complexity index is 442. The lowest BCUT2D eigenvalue weighted by Gasteiger charge is -2.17. The summed E-state index contributed by atoms with van der Waals surface area (Å²) in [4.78, 5) is 6.15. The average Bonchev–Trinajstić information content (AvgIpc) is 2.29. The van der Waals surface area contributed by atoms with E-state index in [9.17, 15) is 5.11 Å². The van der Waals surface area contributed by atoms with Crippen molar-refractivity contribution < 1.29 is 5.11 Å². The van der Waals surface area contributed by atoms with Crippen LogP contribution < -0.4 is 4.90 Å². The minimum absolute atomic E-state index is 0.260. The first-order valence-corrected chi connectivity index (χ1v) is 4.71. The van der Waals surface area contributed by atoms with Crippen molar-refractivity contribution in [3.05, 3.63) is 48.7 Å². The third-order valence-corrected chi connectivity index (χ3v) is 2.21. The molecule has 1 heterocycles. The lowest BCUT2D eigenvalue weighted by Crippen LogP contribution is -2.10. The van der Waals surface area contributed by atoms with Crippen molar-refractivity contribution in [2.75, 3.05) is 11.9 Å². The van der Waals surface area contributed by atoms with Crippen molar-refractivity contribution >= 4 is 11.5 Å². The third-order valence-electron chi connectivity index (χ3n) is 2.21. The summed E-state index contributed by atoms with van der Waals surface area (Å²) in [6, 6.07) is 12.8. The van der Waals surface area contributed by atoms with Crippen molar-refractivity contribution in [3.63, 3.8) is 0 Å². The Kier molecular flexibility index (Phi) is 2.54. The van der Waals surface area contributed by atoms with Gasteiger partial charge in [-0.2, -0.15) is 0 Å². The van der Waals surface area contributed by atoms with Crippen LogP contribution in [0, 0.1) is 0 Å². The fraction of sp³-hybridized carbons (Fsp3) is 0.0833. The van der Waals surface area contributed by atoms with E-state index in [1.165, 1.54) is 0 Å². The highest BCUT2D eigenvalue weighted by atomic mass is 16.3. The summed E-state index contributed by atoms with van der Waals surface area (Å²) in [6.45, 7) is 0. The predicted molar refractivity (Wildman–Crippen MR) is 60.4 cm³/mol. The van der Waals surface area contributed by atoms with Crippen LogP contribution in [0.25, 0.3) is 0 Å². The Labute approximate surface area is 88.6 Å². The highest BCUT2D eigenvalue weighted by molar-refractivity contribution is 5.60. The Morgan fingerprint density at radius 1 is 1.13 bits per heavy atom. The number of aromatic nitrogens is 1. The highest BCUT2D eigenvalue weighted by Gasteiger charge is 2.04. The minimum atomic E-state index is 0.260. The lowest BCUT2D eigenvalue weighted by atomic mass is 10.3. The molecule has 0 spiro atoms. The van der Waals surface area contributed by atoms with Gasteiger partial charge in [-0.1, -0.05) is 12.1 Å². The summed E-state index contributed by atoms with van der Waals surface area (Å²) in [6.07, 6.45) is 1.74. The molecule has 0 aliphatic rings. The van der Waals surface area contributed by atoms with Gasteiger partial charge in [0.2, 0.25) is 0 Å². The Hall–Kier alpha value is -2.03. The van der Waals surface area contributed by atoms with Crippen LogP contribution >= 0.6 is 0 Å². The van der Waals surface area contributed by atoms with Gasteiger partial charge in [0.15, 0.2) is 0 Å². The molecule has 1 N–H and O–H groups in total. The molecular formula is C12H12N2O. The first kappa shape index (κ1) is 9.52. The van der Waals surface area contributed by atoms with Crippen LogP contribution in [-0.4, -0.2) is 17.1 Å². The SMILES string of the molecule is CN(c1cccc(O)c1)c1ccccn1. The van der Waals surface area contributed by atoms with E-state index in [1.54, 1.807) is 18.3 Å². The molecule has 3 heteroatoms. The molecular weight excluding hydrogens is 188 g/mol. The first-order valence-electron chi connectivity index (χ1n) is 4.71. The number of phenolic OH excluding ortho intramolecular Hbond substituents is 1. The number of nitrogens with zero attached hydrogens (tertiary/aromatic N) is 2. The van der Waals surface area contributed by atoms with Gasteiger partial charge < -0.3 is 10.0 Å². The van der Waals surface area contributed by atoms with Crippen LogP contribution in [0.1, 0.15) is 0 Å². The summed E-state index contributed by atoms with van der Waals surface area (Å²) >= 11 is 0. The fourth-order valence-corrected chi connectivity index (χ4v) is 1.39. The third kappa shape index (κ3) is 2.07. The van der Waals surface area contributed by atoms with E-state index in [1.807, 2.05) is 42.3 Å². The van der Waals surface area contributed by atoms with Crippen LogP contribution in [0.5, 0.6) is 5.75 Å². The number of phenols is 1. The van der Waals surface area contributed by atoms with E-state index in [-0.39, 0.29) is 5.75 Å². The maximum atomic E-state index is 9.36. The topological polar surface area (TPSA) is 36.4 Å². The predicted octanol–water partition coefficient (Wildman–Crippen LogP) is 2.56. The van der Waals surface area contributed by atoms with E-state index in [0.29, 0.717) is 0 Å². The maximum Gasteiger partial charge on any atom is 0.132 e. The van der Waals surface area contributed by atoms with E-state index in [2.05, 4.69) is 4.98 Å². The number of hydrogen-bond acceptors (Lipinski definition) is 3. The van der Waals surface area contributed by atoms with Gasteiger partial charge in [0.1, 0.15) is 11.6 Å². The summed E-state index contributed by atoms with van der Waals surface area (Å²) < 4.78 is 0. The van der Waals surface area contributed by atoms with E-state index < -0.39 is 0 Å². The molecule has 0 amide bonds. The van der Waals surface area contributed by atoms with Crippen LogP contribution in [0.15, 0.2) is 48.7 Å². The van der Waals surface area contributed by atoms with E-state index in [0.717, 1.165) is 11.5 Å². The summed E-state index contributed by atoms with van der Waals surface area (Å²) in [5, 5.41) is 9.36. The first-order chi connectivity index (χ1) is 7.27. The Morgan fingerprint density at radius 3 is 2.67 bits per heavy atom. The minimum Gasteiger partial charge on any atom is -0.508 e. The molecule has 0 saturated heterocycles. The van der Waals surface area contributed by atoms with Gasteiger partial charge in [-0.3, -0.25) is 0 Å². The molecule has 1 aromatic heterocycles. The second kappa shape index (κ2) is 4.00. The number of hydrogen-bond donors (Lipinski definition) is 1. The molecule has 0 fully saturated rings. The summed E-state index contributed by atoms with van der Waals surface area (Å²) in [5.41, 5.74) is 0.911. The van der Waals surface area contributed by atoms with Crippen molar-refractivity contribution in [1.82, 2.24) is 4.98 Å².